The van der Waals surface area contributed by atoms with Gasteiger partial charge >= 0.3 is 5.97 Å². The third kappa shape index (κ3) is 6.86. The second kappa shape index (κ2) is 13.5. The molecule has 5 rings (SSSR count). The molecule has 0 atom stereocenters. The molecule has 0 bridgehead atoms. The highest BCUT2D eigenvalue weighted by Crippen LogP contribution is 2.39. The van der Waals surface area contributed by atoms with E-state index in [0.717, 1.165) is 72.7 Å². The zero-order chi connectivity index (χ0) is 30.3. The number of pyridine rings is 1. The summed E-state index contributed by atoms with van der Waals surface area (Å²) in [5.74, 6) is 0.0180. The van der Waals surface area contributed by atoms with Crippen LogP contribution < -0.4 is 9.64 Å². The molecule has 10 nitrogen and oxygen atoms in total. The van der Waals surface area contributed by atoms with Crippen LogP contribution in [0.3, 0.4) is 0 Å². The van der Waals surface area contributed by atoms with Crippen LogP contribution in [0.2, 0.25) is 0 Å². The summed E-state index contributed by atoms with van der Waals surface area (Å²) >= 11 is 0. The molecule has 4 heterocycles. The molecule has 0 radical (unpaired) electrons. The van der Waals surface area contributed by atoms with E-state index >= 15 is 0 Å². The van der Waals surface area contributed by atoms with Gasteiger partial charge in [-0.05, 0) is 50.1 Å². The Hall–Kier alpha value is -4.70. The first kappa shape index (κ1) is 29.8. The number of aryl methyl sites for hydroxylation is 1. The van der Waals surface area contributed by atoms with Crippen LogP contribution in [0, 0.1) is 6.92 Å². The molecule has 3 aromatic rings. The summed E-state index contributed by atoms with van der Waals surface area (Å²) in [6, 6.07) is 8.07. The van der Waals surface area contributed by atoms with Gasteiger partial charge in [0.15, 0.2) is 6.61 Å². The molecule has 2 aliphatic heterocycles. The SMILES string of the molecule is C=C(/C=C\C=C/C)n1ccc(CN2CCCN(c3c(OCC(=O)N4C=C(C(=O)OC)C4)c(C)cc4cccnc34)CC2)n1. The molecule has 224 valence electrons. The van der Waals surface area contributed by atoms with E-state index in [1.807, 2.05) is 62.5 Å². The lowest BCUT2D eigenvalue weighted by Crippen LogP contribution is -2.41. The number of methoxy groups -OCH3 is 1. The first-order valence-corrected chi connectivity index (χ1v) is 14.5. The minimum Gasteiger partial charge on any atom is -0.481 e. The van der Waals surface area contributed by atoms with E-state index in [-0.39, 0.29) is 19.1 Å². The summed E-state index contributed by atoms with van der Waals surface area (Å²) in [4.78, 5) is 35.5. The van der Waals surface area contributed by atoms with E-state index in [1.54, 1.807) is 10.9 Å². The van der Waals surface area contributed by atoms with Gasteiger partial charge in [-0.3, -0.25) is 14.7 Å². The molecule has 1 saturated heterocycles. The molecule has 0 aliphatic carbocycles. The highest BCUT2D eigenvalue weighted by atomic mass is 16.5. The molecular formula is C33H38N6O4. The Balaban J connectivity index is 1.30. The number of hydrogen-bond acceptors (Lipinski definition) is 8. The van der Waals surface area contributed by atoms with Crippen molar-refractivity contribution in [1.82, 2.24) is 24.6 Å². The lowest BCUT2D eigenvalue weighted by Gasteiger charge is -2.30. The van der Waals surface area contributed by atoms with Gasteiger partial charge in [0.05, 0.1) is 36.1 Å². The molecule has 43 heavy (non-hydrogen) atoms. The molecular weight excluding hydrogens is 544 g/mol. The molecule has 2 aromatic heterocycles. The first-order chi connectivity index (χ1) is 20.9. The second-order valence-electron chi connectivity index (χ2n) is 10.6. The third-order valence-corrected chi connectivity index (χ3v) is 7.59. The number of amides is 1. The van der Waals surface area contributed by atoms with Crippen LogP contribution in [0.5, 0.6) is 5.75 Å². The molecule has 0 unspecified atom stereocenters. The summed E-state index contributed by atoms with van der Waals surface area (Å²) in [6.07, 6.45) is 14.0. The number of anilines is 1. The van der Waals surface area contributed by atoms with Crippen LogP contribution in [0.1, 0.15) is 24.6 Å². The third-order valence-electron chi connectivity index (χ3n) is 7.59. The molecule has 2 aliphatic rings. The smallest absolute Gasteiger partial charge is 0.337 e. The van der Waals surface area contributed by atoms with Gasteiger partial charge in [0.25, 0.3) is 5.91 Å². The van der Waals surface area contributed by atoms with Gasteiger partial charge in [-0.1, -0.05) is 30.9 Å². The average molecular weight is 583 g/mol. The van der Waals surface area contributed by atoms with E-state index in [2.05, 4.69) is 22.4 Å². The van der Waals surface area contributed by atoms with E-state index in [0.29, 0.717) is 11.3 Å². The number of benzene rings is 1. The van der Waals surface area contributed by atoms with Crippen LogP contribution >= 0.6 is 0 Å². The number of esters is 1. The highest BCUT2D eigenvalue weighted by Gasteiger charge is 2.29. The predicted octanol–water partition coefficient (Wildman–Crippen LogP) is 4.33. The lowest BCUT2D eigenvalue weighted by atomic mass is 10.1. The van der Waals surface area contributed by atoms with E-state index in [9.17, 15) is 9.59 Å². The zero-order valence-corrected chi connectivity index (χ0v) is 25.0. The van der Waals surface area contributed by atoms with Gasteiger partial charge in [-0.2, -0.15) is 5.10 Å². The van der Waals surface area contributed by atoms with Crippen LogP contribution in [0.15, 0.2) is 79.3 Å². The largest absolute Gasteiger partial charge is 0.481 e. The standard InChI is InChI=1S/C33H38N6O4/c1-5-6-7-10-25(3)39-16-12-28(35-39)22-36-14-9-15-37(18-17-36)31-30-26(11-8-13-34-30)19-24(2)32(31)43-23-29(40)38-20-27(21-38)33(41)42-4/h5-8,10-13,16,19-20H,3,9,14-15,17-18,21-23H2,1-2,4H3/b6-5-,10-7-. The summed E-state index contributed by atoms with van der Waals surface area (Å²) in [7, 11) is 1.33. The number of carbonyl (C=O) groups excluding carboxylic acids is 2. The van der Waals surface area contributed by atoms with Crippen molar-refractivity contribution in [3.8, 4) is 5.75 Å². The zero-order valence-electron chi connectivity index (χ0n) is 25.0. The summed E-state index contributed by atoms with van der Waals surface area (Å²) in [6.45, 7) is 12.3. The number of carbonyl (C=O) groups is 2. The molecule has 0 spiro atoms. The molecule has 0 saturated carbocycles. The molecule has 10 heteroatoms. The topological polar surface area (TPSA) is 93.0 Å². The molecule has 1 aromatic carbocycles. The van der Waals surface area contributed by atoms with Crippen LogP contribution in [-0.4, -0.2) is 82.9 Å². The van der Waals surface area contributed by atoms with Gasteiger partial charge in [0, 0.05) is 56.7 Å². The van der Waals surface area contributed by atoms with E-state index in [1.165, 1.54) is 18.2 Å². The number of ether oxygens (including phenoxy) is 2. The summed E-state index contributed by atoms with van der Waals surface area (Å²) in [5, 5.41) is 5.76. The number of allylic oxidation sites excluding steroid dienone is 5. The fourth-order valence-electron chi connectivity index (χ4n) is 5.31. The molecule has 0 N–H and O–H groups in total. The van der Waals surface area contributed by atoms with Crippen molar-refractivity contribution < 1.29 is 19.1 Å². The fourth-order valence-corrected chi connectivity index (χ4v) is 5.31. The predicted molar refractivity (Wildman–Crippen MR) is 167 cm³/mol. The minimum absolute atomic E-state index is 0.144. The lowest BCUT2D eigenvalue weighted by molar-refractivity contribution is -0.138. The number of rotatable bonds is 10. The Labute approximate surface area is 252 Å². The quantitative estimate of drug-likeness (QED) is 0.258. The Morgan fingerprint density at radius 2 is 1.98 bits per heavy atom. The molecule has 1 amide bonds. The fraction of sp³-hybridized carbons (Fsp3) is 0.333. The van der Waals surface area contributed by atoms with Gasteiger partial charge < -0.3 is 19.3 Å². The number of aromatic nitrogens is 3. The number of fused-ring (bicyclic) bond motifs is 1. The van der Waals surface area contributed by atoms with E-state index < -0.39 is 5.97 Å². The Morgan fingerprint density at radius 3 is 2.77 bits per heavy atom. The maximum Gasteiger partial charge on any atom is 0.337 e. The summed E-state index contributed by atoms with van der Waals surface area (Å²) < 4.78 is 12.8. The second-order valence-corrected chi connectivity index (χ2v) is 10.6. The highest BCUT2D eigenvalue weighted by molar-refractivity contribution is 5.96. The van der Waals surface area contributed by atoms with Crippen LogP contribution in [0.4, 0.5) is 5.69 Å². The van der Waals surface area contributed by atoms with Crippen molar-refractivity contribution in [1.29, 1.82) is 0 Å². The maximum atomic E-state index is 12.8. The average Bonchev–Trinajstić information content (AvgIpc) is 3.33. The van der Waals surface area contributed by atoms with Crippen molar-refractivity contribution in [3.63, 3.8) is 0 Å². The van der Waals surface area contributed by atoms with Crippen molar-refractivity contribution in [2.24, 2.45) is 0 Å². The minimum atomic E-state index is -0.421. The van der Waals surface area contributed by atoms with Crippen molar-refractivity contribution >= 4 is 34.2 Å². The van der Waals surface area contributed by atoms with Gasteiger partial charge in [0.2, 0.25) is 0 Å². The van der Waals surface area contributed by atoms with Crippen LogP contribution in [0.25, 0.3) is 16.6 Å². The molecule has 1 fully saturated rings. The Kier molecular flexibility index (Phi) is 9.36. The normalized spacial score (nSPS) is 15.9. The van der Waals surface area contributed by atoms with Crippen molar-refractivity contribution in [2.45, 2.75) is 26.8 Å². The first-order valence-electron chi connectivity index (χ1n) is 14.5. The maximum absolute atomic E-state index is 12.8. The Morgan fingerprint density at radius 1 is 1.14 bits per heavy atom. The van der Waals surface area contributed by atoms with Crippen LogP contribution in [-0.2, 0) is 20.9 Å². The Bertz CT molecular complexity index is 1600. The van der Waals surface area contributed by atoms with Gasteiger partial charge in [0.1, 0.15) is 11.4 Å². The van der Waals surface area contributed by atoms with Crippen molar-refractivity contribution in [3.05, 3.63) is 90.6 Å². The van der Waals surface area contributed by atoms with Crippen molar-refractivity contribution in [2.75, 3.05) is 51.3 Å². The summed E-state index contributed by atoms with van der Waals surface area (Å²) in [5.41, 5.74) is 4.97. The van der Waals surface area contributed by atoms with Gasteiger partial charge in [-0.15, -0.1) is 0 Å². The monoisotopic (exact) mass is 582 g/mol. The van der Waals surface area contributed by atoms with E-state index in [4.69, 9.17) is 19.6 Å². The number of hydrogen-bond donors (Lipinski definition) is 0. The number of nitrogens with zero attached hydrogens (tertiary/aromatic N) is 6. The van der Waals surface area contributed by atoms with Gasteiger partial charge in [-0.25, -0.2) is 9.48 Å².